The predicted molar refractivity (Wildman–Crippen MR) is 113 cm³/mol. The maximum atomic E-state index is 12.0. The van der Waals surface area contributed by atoms with Crippen LogP contribution in [0.3, 0.4) is 0 Å². The number of hydrogen-bond acceptors (Lipinski definition) is 6. The van der Waals surface area contributed by atoms with Crippen LogP contribution in [0, 0.1) is 0 Å². The van der Waals surface area contributed by atoms with E-state index in [1.54, 1.807) is 11.3 Å². The second kappa shape index (κ2) is 8.39. The topological polar surface area (TPSA) is 66.8 Å². The summed E-state index contributed by atoms with van der Waals surface area (Å²) in [5, 5.41) is 5.19. The van der Waals surface area contributed by atoms with E-state index in [2.05, 4.69) is 15.5 Å². The van der Waals surface area contributed by atoms with Gasteiger partial charge in [-0.1, -0.05) is 23.5 Å². The molecule has 0 radical (unpaired) electrons. The zero-order valence-electron chi connectivity index (χ0n) is 15.7. The molecule has 1 aromatic heterocycles. The number of carbonyl (C=O) groups excluding carboxylic acids is 1. The highest BCUT2D eigenvalue weighted by molar-refractivity contribution is 7.22. The molecule has 144 valence electrons. The fraction of sp³-hybridized carbons (Fsp3) is 0.286. The number of hydrazone groups is 1. The number of rotatable bonds is 6. The number of amides is 1. The molecule has 1 N–H and O–H groups in total. The maximum absolute atomic E-state index is 12.0. The highest BCUT2D eigenvalue weighted by atomic mass is 32.1. The Bertz CT molecular complexity index is 958. The van der Waals surface area contributed by atoms with Gasteiger partial charge >= 0.3 is 0 Å². The van der Waals surface area contributed by atoms with E-state index in [-0.39, 0.29) is 12.5 Å². The van der Waals surface area contributed by atoms with Crippen LogP contribution in [0.25, 0.3) is 10.2 Å². The van der Waals surface area contributed by atoms with Crippen LogP contribution < -0.4 is 10.2 Å². The average molecular weight is 395 g/mol. The number of fused-ring (bicyclic) bond motifs is 1. The number of likely N-dealkylation sites (tertiary alicyclic amines) is 1. The molecule has 1 aliphatic rings. The number of para-hydroxylation sites is 1. The Labute approximate surface area is 167 Å². The van der Waals surface area contributed by atoms with Crippen molar-refractivity contribution < 1.29 is 9.53 Å². The molecule has 2 aromatic carbocycles. The number of benzene rings is 2. The molecule has 1 amide bonds. The third-order valence-electron chi connectivity index (χ3n) is 4.71. The summed E-state index contributed by atoms with van der Waals surface area (Å²) in [5.41, 5.74) is 5.82. The highest BCUT2D eigenvalue weighted by Crippen LogP contribution is 2.25. The van der Waals surface area contributed by atoms with Crippen LogP contribution in [0.5, 0.6) is 5.75 Å². The van der Waals surface area contributed by atoms with E-state index in [9.17, 15) is 4.79 Å². The van der Waals surface area contributed by atoms with Crippen molar-refractivity contribution in [3.8, 4) is 5.75 Å². The number of hydrogen-bond donors (Lipinski definition) is 1. The molecule has 3 aromatic rings. The Morgan fingerprint density at radius 2 is 1.93 bits per heavy atom. The van der Waals surface area contributed by atoms with Gasteiger partial charge in [-0.2, -0.15) is 5.10 Å². The first kappa shape index (κ1) is 18.4. The number of nitrogens with one attached hydrogen (secondary N) is 1. The zero-order chi connectivity index (χ0) is 19.3. The van der Waals surface area contributed by atoms with E-state index in [0.29, 0.717) is 5.75 Å². The first-order chi connectivity index (χ1) is 13.7. The first-order valence-corrected chi connectivity index (χ1v) is 10.2. The maximum Gasteiger partial charge on any atom is 0.260 e. The van der Waals surface area contributed by atoms with Crippen LogP contribution in [0.15, 0.2) is 53.6 Å². The van der Waals surface area contributed by atoms with E-state index in [0.717, 1.165) is 52.6 Å². The smallest absolute Gasteiger partial charge is 0.260 e. The number of carbonyl (C=O) groups is 1. The summed E-state index contributed by atoms with van der Waals surface area (Å²) in [4.78, 5) is 18.4. The second-order valence-electron chi connectivity index (χ2n) is 6.70. The third kappa shape index (κ3) is 4.31. The van der Waals surface area contributed by atoms with Gasteiger partial charge in [0, 0.05) is 13.1 Å². The minimum atomic E-state index is 0.0550. The summed E-state index contributed by atoms with van der Waals surface area (Å²) >= 11 is 1.57. The molecule has 7 heteroatoms. The molecule has 6 nitrogen and oxygen atoms in total. The van der Waals surface area contributed by atoms with Gasteiger partial charge in [-0.15, -0.1) is 0 Å². The van der Waals surface area contributed by atoms with Gasteiger partial charge in [0.25, 0.3) is 5.91 Å². The van der Waals surface area contributed by atoms with E-state index < -0.39 is 0 Å². The molecule has 0 atom stereocenters. The fourth-order valence-electron chi connectivity index (χ4n) is 3.11. The second-order valence-corrected chi connectivity index (χ2v) is 7.73. The minimum Gasteiger partial charge on any atom is -0.484 e. The van der Waals surface area contributed by atoms with Crippen LogP contribution in [0.1, 0.15) is 25.3 Å². The van der Waals surface area contributed by atoms with Gasteiger partial charge < -0.3 is 9.64 Å². The van der Waals surface area contributed by atoms with Crippen LogP contribution >= 0.6 is 11.3 Å². The molecule has 1 saturated heterocycles. The number of thiazole rings is 1. The first-order valence-electron chi connectivity index (χ1n) is 9.36. The van der Waals surface area contributed by atoms with Gasteiger partial charge in [0.15, 0.2) is 6.61 Å². The van der Waals surface area contributed by atoms with Crippen LogP contribution in [-0.4, -0.2) is 41.2 Å². The number of aromatic nitrogens is 1. The average Bonchev–Trinajstić information content (AvgIpc) is 3.40. The lowest BCUT2D eigenvalue weighted by molar-refractivity contribution is -0.132. The molecule has 0 bridgehead atoms. The Morgan fingerprint density at radius 3 is 2.68 bits per heavy atom. The van der Waals surface area contributed by atoms with Crippen molar-refractivity contribution in [2.24, 2.45) is 5.10 Å². The summed E-state index contributed by atoms with van der Waals surface area (Å²) in [6.07, 6.45) is 2.17. The molecule has 0 saturated carbocycles. The summed E-state index contributed by atoms with van der Waals surface area (Å²) in [7, 11) is 0. The predicted octanol–water partition coefficient (Wildman–Crippen LogP) is 4.13. The van der Waals surface area contributed by atoms with Crippen LogP contribution in [0.4, 0.5) is 5.13 Å². The number of ether oxygens (including phenoxy) is 1. The largest absolute Gasteiger partial charge is 0.484 e. The Morgan fingerprint density at radius 1 is 1.18 bits per heavy atom. The molecular formula is C21H22N4O2S. The SMILES string of the molecule is C/C(=N/Nc1nc2ccccc2s1)c1ccc(OCC(=O)N2CCCC2)cc1. The van der Waals surface area contributed by atoms with Crippen molar-refractivity contribution in [3.63, 3.8) is 0 Å². The van der Waals surface area contributed by atoms with E-state index in [4.69, 9.17) is 4.74 Å². The zero-order valence-corrected chi connectivity index (χ0v) is 16.5. The number of anilines is 1. The van der Waals surface area contributed by atoms with Crippen molar-refractivity contribution in [2.45, 2.75) is 19.8 Å². The summed E-state index contributed by atoms with van der Waals surface area (Å²) in [6.45, 7) is 3.72. The van der Waals surface area contributed by atoms with Crippen LogP contribution in [0.2, 0.25) is 0 Å². The van der Waals surface area contributed by atoms with Gasteiger partial charge in [0.2, 0.25) is 5.13 Å². The Kier molecular flexibility index (Phi) is 5.53. The van der Waals surface area contributed by atoms with Gasteiger partial charge in [-0.05, 0) is 61.7 Å². The molecular weight excluding hydrogens is 372 g/mol. The summed E-state index contributed by atoms with van der Waals surface area (Å²) < 4.78 is 6.75. The quantitative estimate of drug-likeness (QED) is 0.504. The van der Waals surface area contributed by atoms with Gasteiger partial charge in [-0.3, -0.25) is 10.2 Å². The molecule has 0 unspecified atom stereocenters. The van der Waals surface area contributed by atoms with Crippen LogP contribution in [-0.2, 0) is 4.79 Å². The molecule has 4 rings (SSSR count). The fourth-order valence-corrected chi connectivity index (χ4v) is 3.92. The monoisotopic (exact) mass is 394 g/mol. The molecule has 28 heavy (non-hydrogen) atoms. The van der Waals surface area contributed by atoms with E-state index in [1.165, 1.54) is 0 Å². The molecule has 0 aliphatic carbocycles. The Hall–Kier alpha value is -2.93. The molecule has 1 fully saturated rings. The lowest BCUT2D eigenvalue weighted by Gasteiger charge is -2.15. The Balaban J connectivity index is 1.34. The number of nitrogens with zero attached hydrogens (tertiary/aromatic N) is 3. The minimum absolute atomic E-state index is 0.0550. The lowest BCUT2D eigenvalue weighted by Crippen LogP contribution is -2.32. The van der Waals surface area contributed by atoms with E-state index in [1.807, 2.05) is 60.4 Å². The lowest BCUT2D eigenvalue weighted by atomic mass is 10.1. The van der Waals surface area contributed by atoms with E-state index >= 15 is 0 Å². The molecule has 1 aliphatic heterocycles. The van der Waals surface area contributed by atoms with Crippen molar-refractivity contribution in [1.29, 1.82) is 0 Å². The molecule has 0 spiro atoms. The third-order valence-corrected chi connectivity index (χ3v) is 5.65. The van der Waals surface area contributed by atoms with Crippen molar-refractivity contribution in [2.75, 3.05) is 25.1 Å². The summed E-state index contributed by atoms with van der Waals surface area (Å²) in [6, 6.07) is 15.6. The van der Waals surface area contributed by atoms with Gasteiger partial charge in [0.1, 0.15) is 5.75 Å². The van der Waals surface area contributed by atoms with Crippen molar-refractivity contribution in [1.82, 2.24) is 9.88 Å². The van der Waals surface area contributed by atoms with Gasteiger partial charge in [0.05, 0.1) is 15.9 Å². The molecule has 2 heterocycles. The standard InChI is InChI=1S/C21H22N4O2S/c1-15(23-24-21-22-18-6-2-3-7-19(18)28-21)16-8-10-17(11-9-16)27-14-20(26)25-12-4-5-13-25/h2-3,6-11H,4-5,12-14H2,1H3,(H,22,24)/b23-15-. The van der Waals surface area contributed by atoms with Gasteiger partial charge in [-0.25, -0.2) is 4.98 Å². The highest BCUT2D eigenvalue weighted by Gasteiger charge is 2.18. The normalized spacial score (nSPS) is 14.5. The summed E-state index contributed by atoms with van der Waals surface area (Å²) in [5.74, 6) is 0.739. The van der Waals surface area contributed by atoms with Crippen molar-refractivity contribution in [3.05, 3.63) is 54.1 Å². The van der Waals surface area contributed by atoms with Crippen molar-refractivity contribution >= 4 is 38.3 Å².